The first kappa shape index (κ1) is 29.1. The van der Waals surface area contributed by atoms with Gasteiger partial charge in [0.1, 0.15) is 0 Å². The Morgan fingerprint density at radius 3 is 2.00 bits per heavy atom. The maximum absolute atomic E-state index is 13.3. The summed E-state index contributed by atoms with van der Waals surface area (Å²) in [5.74, 6) is -2.14. The summed E-state index contributed by atoms with van der Waals surface area (Å²) >= 11 is 0. The number of benzene rings is 2. The first-order valence-electron chi connectivity index (χ1n) is 12.0. The van der Waals surface area contributed by atoms with Crippen LogP contribution in [0.5, 0.6) is 0 Å². The molecule has 2 aromatic rings. The van der Waals surface area contributed by atoms with Crippen molar-refractivity contribution in [3.63, 3.8) is 0 Å². The summed E-state index contributed by atoms with van der Waals surface area (Å²) in [7, 11) is 1.28. The zero-order valence-electron chi connectivity index (χ0n) is 21.1. The minimum Gasteiger partial charge on any atom is -0.469 e. The average molecular weight is 506 g/mol. The third kappa shape index (κ3) is 9.13. The Balaban J connectivity index is 2.14. The van der Waals surface area contributed by atoms with Crippen LogP contribution in [-0.2, 0) is 38.1 Å². The largest absolute Gasteiger partial charge is 0.469 e. The summed E-state index contributed by atoms with van der Waals surface area (Å²) in [4.78, 5) is 38.5. The number of ketones is 1. The van der Waals surface area contributed by atoms with Crippen LogP contribution >= 0.6 is 0 Å². The van der Waals surface area contributed by atoms with Crippen molar-refractivity contribution in [1.82, 2.24) is 5.32 Å². The van der Waals surface area contributed by atoms with Gasteiger partial charge in [0.05, 0.1) is 24.6 Å². The lowest BCUT2D eigenvalue weighted by atomic mass is 9.89. The maximum Gasteiger partial charge on any atom is 0.416 e. The van der Waals surface area contributed by atoms with Crippen LogP contribution in [0.3, 0.4) is 0 Å². The molecule has 5 nitrogen and oxygen atoms in total. The smallest absolute Gasteiger partial charge is 0.416 e. The zero-order chi connectivity index (χ0) is 26.9. The van der Waals surface area contributed by atoms with Crippen LogP contribution in [0.15, 0.2) is 54.6 Å². The van der Waals surface area contributed by atoms with E-state index in [2.05, 4.69) is 5.32 Å². The van der Waals surface area contributed by atoms with Crippen LogP contribution in [0.25, 0.3) is 0 Å². The van der Waals surface area contributed by atoms with E-state index in [4.69, 9.17) is 4.74 Å². The lowest BCUT2D eigenvalue weighted by Crippen LogP contribution is -2.45. The minimum absolute atomic E-state index is 0.0596. The Hall–Kier alpha value is -3.16. The molecule has 8 heteroatoms. The molecule has 0 aliphatic heterocycles. The van der Waals surface area contributed by atoms with Crippen LogP contribution in [0.2, 0.25) is 0 Å². The highest BCUT2D eigenvalue weighted by molar-refractivity contribution is 5.92. The molecule has 0 saturated heterocycles. The molecule has 0 unspecified atom stereocenters. The number of ether oxygens (including phenoxy) is 1. The van der Waals surface area contributed by atoms with Crippen LogP contribution in [0, 0.1) is 17.8 Å². The van der Waals surface area contributed by atoms with Gasteiger partial charge in [-0.25, -0.2) is 0 Å². The number of hydrogen-bond donors (Lipinski definition) is 1. The number of carbonyl (C=O) groups is 3. The van der Waals surface area contributed by atoms with Crippen LogP contribution in [0.4, 0.5) is 13.2 Å². The van der Waals surface area contributed by atoms with Gasteiger partial charge in [0, 0.05) is 12.3 Å². The highest BCUT2D eigenvalue weighted by Crippen LogP contribution is 2.29. The molecule has 0 saturated carbocycles. The first-order chi connectivity index (χ1) is 16.9. The van der Waals surface area contributed by atoms with E-state index in [-0.39, 0.29) is 36.9 Å². The molecule has 2 rings (SSSR count). The van der Waals surface area contributed by atoms with Crippen LogP contribution in [0.1, 0.15) is 50.3 Å². The predicted octanol–water partition coefficient (Wildman–Crippen LogP) is 5.41. The monoisotopic (exact) mass is 505 g/mol. The lowest BCUT2D eigenvalue weighted by molar-refractivity contribution is -0.148. The number of hydrogen-bond acceptors (Lipinski definition) is 4. The topological polar surface area (TPSA) is 72.5 Å². The van der Waals surface area contributed by atoms with Crippen molar-refractivity contribution in [1.29, 1.82) is 0 Å². The minimum atomic E-state index is -4.43. The first-order valence-corrected chi connectivity index (χ1v) is 12.0. The van der Waals surface area contributed by atoms with Crippen molar-refractivity contribution in [3.05, 3.63) is 71.3 Å². The van der Waals surface area contributed by atoms with Gasteiger partial charge in [-0.1, -0.05) is 63.2 Å². The molecular weight excluding hydrogens is 471 g/mol. The lowest BCUT2D eigenvalue weighted by Gasteiger charge is -2.23. The van der Waals surface area contributed by atoms with Gasteiger partial charge < -0.3 is 10.1 Å². The van der Waals surface area contributed by atoms with E-state index in [1.54, 1.807) is 6.92 Å². The van der Waals surface area contributed by atoms with Gasteiger partial charge in [-0.15, -0.1) is 0 Å². The fourth-order valence-electron chi connectivity index (χ4n) is 4.07. The number of rotatable bonds is 12. The van der Waals surface area contributed by atoms with Crippen molar-refractivity contribution < 1.29 is 32.3 Å². The average Bonchev–Trinajstić information content (AvgIpc) is 2.82. The predicted molar refractivity (Wildman–Crippen MR) is 131 cm³/mol. The number of methoxy groups -OCH3 is 1. The second-order valence-electron chi connectivity index (χ2n) is 9.57. The molecule has 0 aliphatic carbocycles. The standard InChI is InChI=1S/C28H34F3NO4/c1-18(2)14-22(27(35)36-4)17-25(33)24(16-20-8-6-5-7-9-20)32-26(34)19(3)15-21-10-12-23(13-11-21)28(29,30)31/h5-13,18-19,22,24H,14-17H2,1-4H3,(H,32,34)/t19-,22+,24-/m1/s1. The van der Waals surface area contributed by atoms with Crippen LogP contribution < -0.4 is 5.32 Å². The second-order valence-corrected chi connectivity index (χ2v) is 9.57. The third-order valence-electron chi connectivity index (χ3n) is 6.00. The molecule has 0 fully saturated rings. The molecule has 0 heterocycles. The Kier molecular flexibility index (Phi) is 10.7. The second kappa shape index (κ2) is 13.2. The molecule has 0 aromatic heterocycles. The molecule has 0 spiro atoms. The molecule has 3 atom stereocenters. The van der Waals surface area contributed by atoms with Crippen molar-refractivity contribution in [2.75, 3.05) is 7.11 Å². The van der Waals surface area contributed by atoms with Gasteiger partial charge in [-0.2, -0.15) is 13.2 Å². The van der Waals surface area contributed by atoms with Gasteiger partial charge in [0.15, 0.2) is 5.78 Å². The number of nitrogens with one attached hydrogen (secondary N) is 1. The Morgan fingerprint density at radius 2 is 1.47 bits per heavy atom. The molecule has 1 amide bonds. The fraction of sp³-hybridized carbons (Fsp3) is 0.464. The van der Waals surface area contributed by atoms with Crippen molar-refractivity contribution in [2.24, 2.45) is 17.8 Å². The number of amides is 1. The molecule has 1 N–H and O–H groups in total. The SMILES string of the molecule is COC(=O)[C@H](CC(=O)[C@@H](Cc1ccccc1)NC(=O)[C@H](C)Cc1ccc(C(F)(F)F)cc1)CC(C)C. The molecule has 196 valence electrons. The Morgan fingerprint density at radius 1 is 0.889 bits per heavy atom. The van der Waals surface area contributed by atoms with E-state index in [0.717, 1.165) is 17.7 Å². The molecular formula is C28H34F3NO4. The summed E-state index contributed by atoms with van der Waals surface area (Å²) in [6.45, 7) is 5.56. The highest BCUT2D eigenvalue weighted by Gasteiger charge is 2.31. The Labute approximate surface area is 210 Å². The van der Waals surface area contributed by atoms with Gasteiger partial charge in [0.25, 0.3) is 0 Å². The highest BCUT2D eigenvalue weighted by atomic mass is 19.4. The quantitative estimate of drug-likeness (QED) is 0.392. The number of Topliss-reactive ketones (excluding diaryl/α,β-unsaturated/α-hetero) is 1. The van der Waals surface area contributed by atoms with Gasteiger partial charge in [-0.3, -0.25) is 14.4 Å². The number of esters is 1. The zero-order valence-corrected chi connectivity index (χ0v) is 21.1. The number of alkyl halides is 3. The summed E-state index contributed by atoms with van der Waals surface area (Å²) in [5.41, 5.74) is 0.683. The summed E-state index contributed by atoms with van der Waals surface area (Å²) in [6, 6.07) is 13.1. The molecule has 0 radical (unpaired) electrons. The van der Waals surface area contributed by atoms with Gasteiger partial charge in [0.2, 0.25) is 5.91 Å². The van der Waals surface area contributed by atoms with Crippen molar-refractivity contribution in [2.45, 2.75) is 58.7 Å². The maximum atomic E-state index is 13.3. The number of halogens is 3. The van der Waals surface area contributed by atoms with E-state index in [9.17, 15) is 27.6 Å². The fourth-order valence-corrected chi connectivity index (χ4v) is 4.07. The third-order valence-corrected chi connectivity index (χ3v) is 6.00. The van der Waals surface area contributed by atoms with Crippen molar-refractivity contribution >= 4 is 17.7 Å². The number of carbonyl (C=O) groups excluding carboxylic acids is 3. The molecule has 0 aliphatic rings. The summed E-state index contributed by atoms with van der Waals surface area (Å²) in [5, 5.41) is 2.82. The van der Waals surface area contributed by atoms with E-state index in [1.807, 2.05) is 44.2 Å². The summed E-state index contributed by atoms with van der Waals surface area (Å²) in [6.07, 6.45) is -3.53. The van der Waals surface area contributed by atoms with Gasteiger partial charge in [-0.05, 0) is 48.4 Å². The van der Waals surface area contributed by atoms with Crippen LogP contribution in [-0.4, -0.2) is 30.8 Å². The van der Waals surface area contributed by atoms with E-state index in [0.29, 0.717) is 12.0 Å². The molecule has 0 bridgehead atoms. The normalized spacial score (nSPS) is 14.1. The molecule has 2 aromatic carbocycles. The molecule has 36 heavy (non-hydrogen) atoms. The van der Waals surface area contributed by atoms with E-state index in [1.165, 1.54) is 19.2 Å². The summed E-state index contributed by atoms with van der Waals surface area (Å²) < 4.78 is 43.3. The van der Waals surface area contributed by atoms with Crippen molar-refractivity contribution in [3.8, 4) is 0 Å². The Bertz CT molecular complexity index is 1000. The van der Waals surface area contributed by atoms with Gasteiger partial charge >= 0.3 is 12.1 Å². The van der Waals surface area contributed by atoms with E-state index < -0.39 is 35.6 Å². The van der Waals surface area contributed by atoms with E-state index >= 15 is 0 Å².